The maximum Gasteiger partial charge on any atom is 0.331 e. The summed E-state index contributed by atoms with van der Waals surface area (Å²) in [5.74, 6) is -1.51. The molecule has 3 rings (SSSR count). The van der Waals surface area contributed by atoms with Gasteiger partial charge in [-0.1, -0.05) is 29.8 Å². The molecule has 3 aromatic rings. The van der Waals surface area contributed by atoms with Crippen molar-refractivity contribution in [2.24, 2.45) is 0 Å². The number of para-hydroxylation sites is 1. The first-order valence-corrected chi connectivity index (χ1v) is 9.48. The second-order valence-electron chi connectivity index (χ2n) is 6.45. The van der Waals surface area contributed by atoms with E-state index in [0.717, 1.165) is 0 Å². The van der Waals surface area contributed by atoms with E-state index in [1.54, 1.807) is 43.3 Å². The predicted octanol–water partition coefficient (Wildman–Crippen LogP) is 4.56. The van der Waals surface area contributed by atoms with Crippen molar-refractivity contribution in [3.8, 4) is 5.69 Å². The number of carbonyl (C=O) groups excluding carboxylic acids is 2. The summed E-state index contributed by atoms with van der Waals surface area (Å²) < 4.78 is 19.7. The molecule has 0 fully saturated rings. The number of ether oxygens (including phenoxy) is 1. The fourth-order valence-electron chi connectivity index (χ4n) is 2.64. The molecule has 0 aliphatic heterocycles. The number of rotatable bonds is 6. The molecule has 0 radical (unpaired) electrons. The summed E-state index contributed by atoms with van der Waals surface area (Å²) in [4.78, 5) is 24.3. The minimum absolute atomic E-state index is 0.262. The summed E-state index contributed by atoms with van der Waals surface area (Å²) in [7, 11) is 0. The largest absolute Gasteiger partial charge is 0.449 e. The van der Waals surface area contributed by atoms with Crippen LogP contribution >= 0.6 is 11.6 Å². The Morgan fingerprint density at radius 3 is 2.50 bits per heavy atom. The number of esters is 1. The normalized spacial score (nSPS) is 12.0. The lowest BCUT2D eigenvalue weighted by Crippen LogP contribution is -2.29. The summed E-state index contributed by atoms with van der Waals surface area (Å²) >= 11 is 6.37. The van der Waals surface area contributed by atoms with Crippen LogP contribution in [0.2, 0.25) is 5.15 Å². The second kappa shape index (κ2) is 9.37. The van der Waals surface area contributed by atoms with E-state index < -0.39 is 18.0 Å². The van der Waals surface area contributed by atoms with Crippen molar-refractivity contribution in [1.82, 2.24) is 9.78 Å². The minimum atomic E-state index is -0.985. The first-order valence-electron chi connectivity index (χ1n) is 9.11. The molecule has 0 saturated heterocycles. The molecule has 1 N–H and O–H groups in total. The first kappa shape index (κ1) is 21.3. The lowest BCUT2D eigenvalue weighted by atomic mass is 10.2. The molecule has 0 spiro atoms. The summed E-state index contributed by atoms with van der Waals surface area (Å²) in [6.45, 7) is 3.21. The summed E-state index contributed by atoms with van der Waals surface area (Å²) in [5.41, 5.74) is 2.28. The zero-order chi connectivity index (χ0) is 21.7. The molecule has 8 heteroatoms. The standard InChI is InChI=1S/C22H19ClFN3O3/c1-14-19(21(23)27(26-14)18-10-8-16(24)9-11-18)12-13-20(28)30-15(2)22(29)25-17-6-4-3-5-7-17/h3-13,15H,1-2H3,(H,25,29)/b13-12+. The maximum atomic E-state index is 13.1. The van der Waals surface area contributed by atoms with Crippen molar-refractivity contribution in [2.75, 3.05) is 5.32 Å². The van der Waals surface area contributed by atoms with E-state index in [0.29, 0.717) is 22.6 Å². The molecule has 1 aromatic heterocycles. The van der Waals surface area contributed by atoms with Gasteiger partial charge in [-0.05, 0) is 56.3 Å². The van der Waals surface area contributed by atoms with Gasteiger partial charge in [0.1, 0.15) is 11.0 Å². The highest BCUT2D eigenvalue weighted by Crippen LogP contribution is 2.25. The number of benzene rings is 2. The highest BCUT2D eigenvalue weighted by molar-refractivity contribution is 6.31. The Labute approximate surface area is 177 Å². The molecule has 0 bridgehead atoms. The maximum absolute atomic E-state index is 13.1. The van der Waals surface area contributed by atoms with Gasteiger partial charge >= 0.3 is 5.97 Å². The third-order valence-electron chi connectivity index (χ3n) is 4.21. The molecule has 1 atom stereocenters. The zero-order valence-electron chi connectivity index (χ0n) is 16.3. The Kier molecular flexibility index (Phi) is 6.64. The number of carbonyl (C=O) groups is 2. The van der Waals surface area contributed by atoms with E-state index in [4.69, 9.17) is 16.3 Å². The molecule has 0 saturated carbocycles. The van der Waals surface area contributed by atoms with Gasteiger partial charge in [0, 0.05) is 17.3 Å². The number of halogens is 2. The molecule has 1 heterocycles. The van der Waals surface area contributed by atoms with Gasteiger partial charge in [-0.15, -0.1) is 0 Å². The Hall–Kier alpha value is -3.45. The second-order valence-corrected chi connectivity index (χ2v) is 6.80. The highest BCUT2D eigenvalue weighted by Gasteiger charge is 2.17. The van der Waals surface area contributed by atoms with Gasteiger partial charge in [0.05, 0.1) is 11.4 Å². The summed E-state index contributed by atoms with van der Waals surface area (Å²) in [5, 5.41) is 7.24. The lowest BCUT2D eigenvalue weighted by Gasteiger charge is -2.12. The Bertz CT molecular complexity index is 1080. The van der Waals surface area contributed by atoms with Crippen LogP contribution in [0.5, 0.6) is 0 Å². The van der Waals surface area contributed by atoms with Crippen LogP contribution in [0.1, 0.15) is 18.2 Å². The molecular formula is C22H19ClFN3O3. The molecule has 2 aromatic carbocycles. The monoisotopic (exact) mass is 427 g/mol. The van der Waals surface area contributed by atoms with E-state index in [1.807, 2.05) is 6.07 Å². The van der Waals surface area contributed by atoms with Gasteiger partial charge in [0.2, 0.25) is 0 Å². The van der Waals surface area contributed by atoms with Crippen molar-refractivity contribution in [1.29, 1.82) is 0 Å². The van der Waals surface area contributed by atoms with Crippen LogP contribution in [-0.2, 0) is 14.3 Å². The molecular weight excluding hydrogens is 409 g/mol. The van der Waals surface area contributed by atoms with Gasteiger partial charge in [-0.3, -0.25) is 4.79 Å². The van der Waals surface area contributed by atoms with Crippen molar-refractivity contribution in [2.45, 2.75) is 20.0 Å². The molecule has 30 heavy (non-hydrogen) atoms. The van der Waals surface area contributed by atoms with Crippen LogP contribution in [-0.4, -0.2) is 27.8 Å². The van der Waals surface area contributed by atoms with Crippen LogP contribution in [0, 0.1) is 12.7 Å². The summed E-state index contributed by atoms with van der Waals surface area (Å²) in [6, 6.07) is 14.6. The lowest BCUT2D eigenvalue weighted by molar-refractivity contribution is -0.148. The average molecular weight is 428 g/mol. The third kappa shape index (κ3) is 5.12. The van der Waals surface area contributed by atoms with Crippen LogP contribution in [0.4, 0.5) is 10.1 Å². The van der Waals surface area contributed by atoms with Gasteiger partial charge < -0.3 is 10.1 Å². The Balaban J connectivity index is 1.66. The smallest absolute Gasteiger partial charge is 0.331 e. The Morgan fingerprint density at radius 2 is 1.83 bits per heavy atom. The summed E-state index contributed by atoms with van der Waals surface area (Å²) in [6.07, 6.45) is 1.66. The zero-order valence-corrected chi connectivity index (χ0v) is 17.1. The van der Waals surface area contributed by atoms with Gasteiger partial charge in [0.15, 0.2) is 6.10 Å². The van der Waals surface area contributed by atoms with Crippen molar-refractivity contribution < 1.29 is 18.7 Å². The molecule has 1 amide bonds. The first-order chi connectivity index (χ1) is 14.3. The molecule has 154 valence electrons. The number of hydrogen-bond acceptors (Lipinski definition) is 4. The third-order valence-corrected chi connectivity index (χ3v) is 4.57. The molecule has 6 nitrogen and oxygen atoms in total. The molecule has 1 unspecified atom stereocenters. The van der Waals surface area contributed by atoms with Crippen LogP contribution < -0.4 is 5.32 Å². The number of anilines is 1. The minimum Gasteiger partial charge on any atom is -0.449 e. The quantitative estimate of drug-likeness (QED) is 0.462. The van der Waals surface area contributed by atoms with Gasteiger partial charge in [-0.25, -0.2) is 13.9 Å². The number of nitrogens with zero attached hydrogens (tertiary/aromatic N) is 2. The van der Waals surface area contributed by atoms with Crippen molar-refractivity contribution in [3.63, 3.8) is 0 Å². The van der Waals surface area contributed by atoms with Crippen molar-refractivity contribution in [3.05, 3.63) is 82.9 Å². The van der Waals surface area contributed by atoms with E-state index in [2.05, 4.69) is 10.4 Å². The van der Waals surface area contributed by atoms with Crippen LogP contribution in [0.3, 0.4) is 0 Å². The van der Waals surface area contributed by atoms with E-state index in [1.165, 1.54) is 35.9 Å². The van der Waals surface area contributed by atoms with Gasteiger partial charge in [-0.2, -0.15) is 5.10 Å². The van der Waals surface area contributed by atoms with Crippen LogP contribution in [0.15, 0.2) is 60.7 Å². The fraction of sp³-hybridized carbons (Fsp3) is 0.136. The topological polar surface area (TPSA) is 73.2 Å². The Morgan fingerprint density at radius 1 is 1.17 bits per heavy atom. The predicted molar refractivity (Wildman–Crippen MR) is 113 cm³/mol. The average Bonchev–Trinajstić information content (AvgIpc) is 3.01. The SMILES string of the molecule is Cc1nn(-c2ccc(F)cc2)c(Cl)c1/C=C/C(=O)OC(C)C(=O)Nc1ccccc1. The molecule has 0 aliphatic rings. The highest BCUT2D eigenvalue weighted by atomic mass is 35.5. The number of nitrogens with one attached hydrogen (secondary N) is 1. The van der Waals surface area contributed by atoms with E-state index in [9.17, 15) is 14.0 Å². The van der Waals surface area contributed by atoms with E-state index >= 15 is 0 Å². The van der Waals surface area contributed by atoms with Gasteiger partial charge in [0.25, 0.3) is 5.91 Å². The number of aryl methyl sites for hydroxylation is 1. The van der Waals surface area contributed by atoms with Crippen LogP contribution in [0.25, 0.3) is 11.8 Å². The number of hydrogen-bond donors (Lipinski definition) is 1. The number of aromatic nitrogens is 2. The fourth-order valence-corrected chi connectivity index (χ4v) is 2.97. The van der Waals surface area contributed by atoms with E-state index in [-0.39, 0.29) is 11.0 Å². The molecule has 0 aliphatic carbocycles. The number of amides is 1. The van der Waals surface area contributed by atoms with Crippen molar-refractivity contribution >= 4 is 35.2 Å².